The maximum atomic E-state index is 10.8. The lowest BCUT2D eigenvalue weighted by molar-refractivity contribution is -0.385. The number of nitro benzene ring substituents is 1. The van der Waals surface area contributed by atoms with Crippen LogP contribution in [-0.4, -0.2) is 9.91 Å². The molecule has 90 valence electrons. The first kappa shape index (κ1) is 11.6. The molecular formula is C11H8N4O3. The lowest BCUT2D eigenvalue weighted by atomic mass is 10.1. The van der Waals surface area contributed by atoms with Crippen molar-refractivity contribution in [3.05, 3.63) is 39.6 Å². The van der Waals surface area contributed by atoms with E-state index in [-0.39, 0.29) is 23.2 Å². The first-order valence-corrected chi connectivity index (χ1v) is 4.95. The molecule has 1 heterocycles. The number of nitro groups is 1. The number of nitrogens with zero attached hydrogens (tertiary/aromatic N) is 3. The number of anilines is 1. The molecule has 0 atom stereocenters. The molecule has 0 radical (unpaired) electrons. The van der Waals surface area contributed by atoms with Gasteiger partial charge in [-0.05, 0) is 13.0 Å². The van der Waals surface area contributed by atoms with Gasteiger partial charge >= 0.3 is 0 Å². The fraction of sp³-hybridized carbons (Fsp3) is 0.0909. The van der Waals surface area contributed by atoms with Crippen molar-refractivity contribution in [3.63, 3.8) is 0 Å². The lowest BCUT2D eigenvalue weighted by Gasteiger charge is -2.01. The van der Waals surface area contributed by atoms with E-state index in [0.29, 0.717) is 11.1 Å². The monoisotopic (exact) mass is 244 g/mol. The zero-order chi connectivity index (χ0) is 13.3. The highest BCUT2D eigenvalue weighted by molar-refractivity contribution is 5.66. The van der Waals surface area contributed by atoms with Gasteiger partial charge in [-0.25, -0.2) is 0 Å². The number of nitrogens with two attached hydrogens (primary N) is 1. The Morgan fingerprint density at radius 2 is 2.28 bits per heavy atom. The number of nitriles is 1. The summed E-state index contributed by atoms with van der Waals surface area (Å²) in [5.41, 5.74) is 6.23. The van der Waals surface area contributed by atoms with Gasteiger partial charge in [-0.2, -0.15) is 10.2 Å². The molecule has 0 aliphatic carbocycles. The van der Waals surface area contributed by atoms with E-state index in [1.54, 1.807) is 19.1 Å². The molecule has 1 aromatic carbocycles. The van der Waals surface area contributed by atoms with E-state index in [1.807, 2.05) is 0 Å². The molecule has 0 bridgehead atoms. The van der Waals surface area contributed by atoms with Crippen LogP contribution in [0.15, 0.2) is 22.6 Å². The van der Waals surface area contributed by atoms with Crippen molar-refractivity contribution in [2.75, 3.05) is 5.73 Å². The van der Waals surface area contributed by atoms with Gasteiger partial charge in [-0.1, -0.05) is 6.07 Å². The SMILES string of the molecule is Cc1c(-c2nc(C#N)c(N)o2)cccc1[N+](=O)[O-]. The summed E-state index contributed by atoms with van der Waals surface area (Å²) in [7, 11) is 0. The molecule has 1 aromatic heterocycles. The Morgan fingerprint density at radius 1 is 1.56 bits per heavy atom. The fourth-order valence-corrected chi connectivity index (χ4v) is 1.58. The smallest absolute Gasteiger partial charge is 0.273 e. The van der Waals surface area contributed by atoms with Crippen LogP contribution in [0.1, 0.15) is 11.3 Å². The van der Waals surface area contributed by atoms with Crippen LogP contribution in [0.25, 0.3) is 11.5 Å². The zero-order valence-corrected chi connectivity index (χ0v) is 9.38. The Morgan fingerprint density at radius 3 is 2.83 bits per heavy atom. The maximum Gasteiger partial charge on any atom is 0.273 e. The quantitative estimate of drug-likeness (QED) is 0.637. The van der Waals surface area contributed by atoms with E-state index >= 15 is 0 Å². The minimum atomic E-state index is -0.490. The molecule has 0 saturated heterocycles. The van der Waals surface area contributed by atoms with Crippen LogP contribution in [0.3, 0.4) is 0 Å². The van der Waals surface area contributed by atoms with Crippen LogP contribution in [0, 0.1) is 28.4 Å². The van der Waals surface area contributed by atoms with E-state index in [9.17, 15) is 10.1 Å². The van der Waals surface area contributed by atoms with Crippen LogP contribution in [0.5, 0.6) is 0 Å². The number of hydrogen-bond donors (Lipinski definition) is 1. The summed E-state index contributed by atoms with van der Waals surface area (Å²) in [6.45, 7) is 1.58. The molecule has 0 spiro atoms. The third kappa shape index (κ3) is 1.76. The zero-order valence-electron chi connectivity index (χ0n) is 9.38. The standard InChI is InChI=1S/C11H8N4O3/c1-6-7(3-2-4-9(6)15(16)17)11-14-8(5-12)10(13)18-11/h2-4H,13H2,1H3. The fourth-order valence-electron chi connectivity index (χ4n) is 1.58. The summed E-state index contributed by atoms with van der Waals surface area (Å²) in [4.78, 5) is 14.2. The summed E-state index contributed by atoms with van der Waals surface area (Å²) in [5, 5.41) is 19.5. The lowest BCUT2D eigenvalue weighted by Crippen LogP contribution is -1.93. The highest BCUT2D eigenvalue weighted by Gasteiger charge is 2.19. The third-order valence-corrected chi connectivity index (χ3v) is 2.49. The Bertz CT molecular complexity index is 669. The Balaban J connectivity index is 2.61. The van der Waals surface area contributed by atoms with Gasteiger partial charge in [-0.3, -0.25) is 10.1 Å². The topological polar surface area (TPSA) is 119 Å². The minimum absolute atomic E-state index is 0.0316. The highest BCUT2D eigenvalue weighted by Crippen LogP contribution is 2.30. The summed E-state index contributed by atoms with van der Waals surface area (Å²) >= 11 is 0. The number of aromatic nitrogens is 1. The highest BCUT2D eigenvalue weighted by atomic mass is 16.6. The van der Waals surface area contributed by atoms with Crippen LogP contribution < -0.4 is 5.73 Å². The number of oxazole rings is 1. The van der Waals surface area contributed by atoms with E-state index in [0.717, 1.165) is 0 Å². The second-order valence-corrected chi connectivity index (χ2v) is 3.55. The average Bonchev–Trinajstić information content (AvgIpc) is 2.70. The first-order chi connectivity index (χ1) is 8.54. The van der Waals surface area contributed by atoms with E-state index in [1.165, 1.54) is 12.1 Å². The number of hydrogen-bond acceptors (Lipinski definition) is 6. The van der Waals surface area contributed by atoms with Gasteiger partial charge in [-0.15, -0.1) is 0 Å². The molecule has 0 fully saturated rings. The van der Waals surface area contributed by atoms with Crippen molar-refractivity contribution in [2.24, 2.45) is 0 Å². The average molecular weight is 244 g/mol. The summed E-state index contributed by atoms with van der Waals surface area (Å²) in [5.74, 6) is 0.00339. The minimum Gasteiger partial charge on any atom is -0.419 e. The van der Waals surface area contributed by atoms with Gasteiger partial charge in [0.25, 0.3) is 5.69 Å². The van der Waals surface area contributed by atoms with E-state index < -0.39 is 4.92 Å². The van der Waals surface area contributed by atoms with Crippen molar-refractivity contribution < 1.29 is 9.34 Å². The largest absolute Gasteiger partial charge is 0.419 e. The molecule has 7 heteroatoms. The summed E-state index contributed by atoms with van der Waals surface area (Å²) in [6.07, 6.45) is 0. The first-order valence-electron chi connectivity index (χ1n) is 4.95. The molecule has 2 N–H and O–H groups in total. The van der Waals surface area contributed by atoms with Gasteiger partial charge in [0.15, 0.2) is 0 Å². The molecule has 0 unspecified atom stereocenters. The van der Waals surface area contributed by atoms with E-state index in [4.69, 9.17) is 15.4 Å². The van der Waals surface area contributed by atoms with Crippen LogP contribution in [0.2, 0.25) is 0 Å². The molecule has 0 aliphatic rings. The molecule has 18 heavy (non-hydrogen) atoms. The van der Waals surface area contributed by atoms with Crippen LogP contribution >= 0.6 is 0 Å². The molecule has 2 aromatic rings. The van der Waals surface area contributed by atoms with Crippen molar-refractivity contribution in [1.82, 2.24) is 4.98 Å². The number of benzene rings is 1. The molecule has 0 amide bonds. The molecular weight excluding hydrogens is 236 g/mol. The Kier molecular flexibility index (Phi) is 2.69. The van der Waals surface area contributed by atoms with Gasteiger partial charge in [0.2, 0.25) is 17.5 Å². The summed E-state index contributed by atoms with van der Waals surface area (Å²) < 4.78 is 5.13. The second kappa shape index (κ2) is 4.18. The molecule has 0 aliphatic heterocycles. The van der Waals surface area contributed by atoms with E-state index in [2.05, 4.69) is 4.98 Å². The van der Waals surface area contributed by atoms with Crippen molar-refractivity contribution in [2.45, 2.75) is 6.92 Å². The maximum absolute atomic E-state index is 10.8. The van der Waals surface area contributed by atoms with Gasteiger partial charge in [0.1, 0.15) is 6.07 Å². The number of nitrogen functional groups attached to an aromatic ring is 1. The van der Waals surface area contributed by atoms with Gasteiger partial charge in [0, 0.05) is 17.2 Å². The molecule has 2 rings (SSSR count). The third-order valence-electron chi connectivity index (χ3n) is 2.49. The second-order valence-electron chi connectivity index (χ2n) is 3.55. The van der Waals surface area contributed by atoms with Crippen molar-refractivity contribution in [3.8, 4) is 17.5 Å². The Labute approximate surface area is 102 Å². The predicted octanol–water partition coefficient (Wildman–Crippen LogP) is 2.01. The van der Waals surface area contributed by atoms with Crippen molar-refractivity contribution >= 4 is 11.6 Å². The summed E-state index contributed by atoms with van der Waals surface area (Å²) in [6, 6.07) is 6.30. The predicted molar refractivity (Wildman–Crippen MR) is 62.5 cm³/mol. The van der Waals surface area contributed by atoms with Gasteiger partial charge in [0.05, 0.1) is 4.92 Å². The molecule has 7 nitrogen and oxygen atoms in total. The van der Waals surface area contributed by atoms with Gasteiger partial charge < -0.3 is 10.2 Å². The van der Waals surface area contributed by atoms with Crippen LogP contribution in [0.4, 0.5) is 11.6 Å². The number of rotatable bonds is 2. The van der Waals surface area contributed by atoms with Crippen LogP contribution in [-0.2, 0) is 0 Å². The molecule has 0 saturated carbocycles. The Hall–Kier alpha value is -2.88. The normalized spacial score (nSPS) is 10.0. The van der Waals surface area contributed by atoms with Crippen molar-refractivity contribution in [1.29, 1.82) is 5.26 Å².